The van der Waals surface area contributed by atoms with Gasteiger partial charge < -0.3 is 9.84 Å². The molecule has 1 rings (SSSR count). The molecule has 5 heteroatoms. The van der Waals surface area contributed by atoms with E-state index in [0.717, 1.165) is 0 Å². The van der Waals surface area contributed by atoms with Gasteiger partial charge in [-0.25, -0.2) is 9.59 Å². The van der Waals surface area contributed by atoms with Crippen molar-refractivity contribution >= 4 is 11.9 Å². The number of aliphatic carboxylic acids is 1. The molecule has 0 saturated carbocycles. The average molecular weight is 182 g/mol. The zero-order valence-electron chi connectivity index (χ0n) is 6.93. The van der Waals surface area contributed by atoms with Crippen molar-refractivity contribution in [2.24, 2.45) is 7.05 Å². The van der Waals surface area contributed by atoms with Crippen LogP contribution in [0.15, 0.2) is 24.4 Å². The number of aromatic nitrogens is 1. The fraction of sp³-hybridized carbons (Fsp3) is 0.125. The van der Waals surface area contributed by atoms with Gasteiger partial charge in [0.2, 0.25) is 0 Å². The first kappa shape index (κ1) is 9.18. The van der Waals surface area contributed by atoms with Gasteiger partial charge in [0.05, 0.1) is 6.07 Å². The number of rotatable bonds is 1. The quantitative estimate of drug-likeness (QED) is 0.361. The fourth-order valence-electron chi connectivity index (χ4n) is 0.752. The smallest absolute Gasteiger partial charge is 0.426 e. The van der Waals surface area contributed by atoms with Crippen LogP contribution in [0.4, 0.5) is 0 Å². The number of esters is 1. The molecule has 0 bridgehead atoms. The lowest BCUT2D eigenvalue weighted by Crippen LogP contribution is -2.33. The van der Waals surface area contributed by atoms with Gasteiger partial charge in [0.1, 0.15) is 7.05 Å². The lowest BCUT2D eigenvalue weighted by Gasteiger charge is -1.96. The summed E-state index contributed by atoms with van der Waals surface area (Å²) in [6.07, 6.45) is 1.64. The first-order valence-corrected chi connectivity index (χ1v) is 3.51. The van der Waals surface area contributed by atoms with Gasteiger partial charge in [-0.05, 0) is 6.07 Å². The Bertz CT molecular complexity index is 348. The summed E-state index contributed by atoms with van der Waals surface area (Å²) in [7, 11) is 1.64. The number of nitrogens with zero attached hydrogens (tertiary/aromatic N) is 1. The van der Waals surface area contributed by atoms with E-state index in [1.54, 1.807) is 25.4 Å². The molecule has 68 valence electrons. The molecule has 13 heavy (non-hydrogen) atoms. The van der Waals surface area contributed by atoms with Gasteiger partial charge in [-0.2, -0.15) is 4.57 Å². The molecule has 0 atom stereocenters. The number of hydrogen-bond acceptors (Lipinski definition) is 3. The van der Waals surface area contributed by atoms with Gasteiger partial charge in [0.25, 0.3) is 0 Å². The third kappa shape index (κ3) is 2.26. The van der Waals surface area contributed by atoms with Gasteiger partial charge in [-0.15, -0.1) is 0 Å². The Hall–Kier alpha value is -1.91. The molecule has 0 saturated heterocycles. The van der Waals surface area contributed by atoms with E-state index in [4.69, 9.17) is 5.11 Å². The van der Waals surface area contributed by atoms with Gasteiger partial charge in [0, 0.05) is 6.07 Å². The van der Waals surface area contributed by atoms with E-state index in [-0.39, 0.29) is 5.88 Å². The number of carboxylic acids is 1. The van der Waals surface area contributed by atoms with Crippen LogP contribution in [0.2, 0.25) is 0 Å². The molecule has 0 spiro atoms. The molecule has 0 aliphatic carbocycles. The van der Waals surface area contributed by atoms with Crippen molar-refractivity contribution in [2.45, 2.75) is 0 Å². The largest absolute Gasteiger partial charge is 0.473 e. The van der Waals surface area contributed by atoms with E-state index in [1.807, 2.05) is 0 Å². The minimum Gasteiger partial charge on any atom is -0.473 e. The van der Waals surface area contributed by atoms with E-state index in [0.29, 0.717) is 0 Å². The summed E-state index contributed by atoms with van der Waals surface area (Å²) in [5.74, 6) is -2.71. The van der Waals surface area contributed by atoms with Crippen LogP contribution in [0.25, 0.3) is 0 Å². The van der Waals surface area contributed by atoms with Crippen molar-refractivity contribution < 1.29 is 24.0 Å². The Morgan fingerprint density at radius 1 is 1.46 bits per heavy atom. The van der Waals surface area contributed by atoms with Crippen LogP contribution < -0.4 is 9.30 Å². The number of carboxylic acid groups (broad SMARTS) is 1. The number of carbonyl (C=O) groups excluding carboxylic acids is 1. The third-order valence-corrected chi connectivity index (χ3v) is 1.38. The fourth-order valence-corrected chi connectivity index (χ4v) is 0.752. The highest BCUT2D eigenvalue weighted by Gasteiger charge is 2.18. The van der Waals surface area contributed by atoms with E-state index in [1.165, 1.54) is 10.6 Å². The summed E-state index contributed by atoms with van der Waals surface area (Å²) in [6.45, 7) is 0. The number of hydrogen-bond donors (Lipinski definition) is 1. The zero-order valence-corrected chi connectivity index (χ0v) is 6.93. The first-order chi connectivity index (χ1) is 6.11. The van der Waals surface area contributed by atoms with Crippen LogP contribution in [0, 0.1) is 0 Å². The Kier molecular flexibility index (Phi) is 2.59. The van der Waals surface area contributed by atoms with Crippen LogP contribution in [-0.4, -0.2) is 17.0 Å². The molecule has 1 aromatic heterocycles. The zero-order chi connectivity index (χ0) is 9.84. The molecule has 1 heterocycles. The van der Waals surface area contributed by atoms with Crippen LogP contribution >= 0.6 is 0 Å². The molecule has 5 nitrogen and oxygen atoms in total. The number of pyridine rings is 1. The molecule has 1 N–H and O–H groups in total. The van der Waals surface area contributed by atoms with Crippen LogP contribution in [0.3, 0.4) is 0 Å². The topological polar surface area (TPSA) is 67.5 Å². The summed E-state index contributed by atoms with van der Waals surface area (Å²) >= 11 is 0. The van der Waals surface area contributed by atoms with E-state index >= 15 is 0 Å². The lowest BCUT2D eigenvalue weighted by atomic mass is 10.5. The number of carbonyl (C=O) groups is 2. The molecule has 0 amide bonds. The van der Waals surface area contributed by atoms with Gasteiger partial charge in [-0.3, -0.25) is 0 Å². The van der Waals surface area contributed by atoms with Gasteiger partial charge >= 0.3 is 17.8 Å². The highest BCUT2D eigenvalue weighted by atomic mass is 16.6. The van der Waals surface area contributed by atoms with E-state index in [9.17, 15) is 9.59 Å². The van der Waals surface area contributed by atoms with E-state index < -0.39 is 11.9 Å². The molecule has 0 aromatic carbocycles. The second kappa shape index (κ2) is 3.66. The maximum atomic E-state index is 10.6. The standard InChI is InChI=1S/C8H7NO4/c1-9-5-3-2-4-6(9)13-8(12)7(10)11/h2-5H,1H3/p+1. The van der Waals surface area contributed by atoms with Crippen LogP contribution in [0.1, 0.15) is 0 Å². The molecule has 1 aromatic rings. The van der Waals surface area contributed by atoms with Crippen molar-refractivity contribution in [3.8, 4) is 5.88 Å². The maximum Gasteiger partial charge on any atom is 0.426 e. The van der Waals surface area contributed by atoms with E-state index in [2.05, 4.69) is 4.74 Å². The summed E-state index contributed by atoms with van der Waals surface area (Å²) in [5, 5.41) is 8.25. The van der Waals surface area contributed by atoms with Crippen LogP contribution in [-0.2, 0) is 16.6 Å². The summed E-state index contributed by atoms with van der Waals surface area (Å²) in [5.41, 5.74) is 0. The third-order valence-electron chi connectivity index (χ3n) is 1.38. The molecule has 0 fully saturated rings. The minimum absolute atomic E-state index is 0.190. The Morgan fingerprint density at radius 2 is 2.15 bits per heavy atom. The number of ether oxygens (including phenoxy) is 1. The van der Waals surface area contributed by atoms with Gasteiger partial charge in [0.15, 0.2) is 6.20 Å². The second-order valence-electron chi connectivity index (χ2n) is 2.34. The second-order valence-corrected chi connectivity index (χ2v) is 2.34. The highest BCUT2D eigenvalue weighted by molar-refractivity contribution is 6.29. The van der Waals surface area contributed by atoms with Crippen molar-refractivity contribution in [3.63, 3.8) is 0 Å². The number of aryl methyl sites for hydroxylation is 1. The molecule has 0 radical (unpaired) electrons. The van der Waals surface area contributed by atoms with Crippen molar-refractivity contribution in [2.75, 3.05) is 0 Å². The Balaban J connectivity index is 2.81. The summed E-state index contributed by atoms with van der Waals surface area (Å²) in [6, 6.07) is 4.88. The monoisotopic (exact) mass is 182 g/mol. The highest BCUT2D eigenvalue weighted by Crippen LogP contribution is 2.00. The van der Waals surface area contributed by atoms with Crippen molar-refractivity contribution in [1.29, 1.82) is 0 Å². The van der Waals surface area contributed by atoms with Crippen molar-refractivity contribution in [1.82, 2.24) is 0 Å². The molecule has 0 aliphatic heterocycles. The Labute approximate surface area is 74.2 Å². The molecular weight excluding hydrogens is 174 g/mol. The molecule has 0 unspecified atom stereocenters. The van der Waals surface area contributed by atoms with Crippen molar-refractivity contribution in [3.05, 3.63) is 24.4 Å². The first-order valence-electron chi connectivity index (χ1n) is 3.51. The normalized spacial score (nSPS) is 9.31. The Morgan fingerprint density at radius 3 is 2.69 bits per heavy atom. The summed E-state index contributed by atoms with van der Waals surface area (Å²) < 4.78 is 6.03. The molecule has 0 aliphatic rings. The predicted octanol–water partition coefficient (Wildman–Crippen LogP) is -0.499. The maximum absolute atomic E-state index is 10.6. The molecular formula is C8H8NO4+. The lowest BCUT2D eigenvalue weighted by molar-refractivity contribution is -0.675. The average Bonchev–Trinajstić information content (AvgIpc) is 2.08. The van der Waals surface area contributed by atoms with Gasteiger partial charge in [-0.1, -0.05) is 0 Å². The SMILES string of the molecule is C[n+]1ccccc1OC(=O)C(=O)O. The minimum atomic E-state index is -1.61. The summed E-state index contributed by atoms with van der Waals surface area (Å²) in [4.78, 5) is 20.8. The predicted molar refractivity (Wildman–Crippen MR) is 40.9 cm³/mol. The van der Waals surface area contributed by atoms with Crippen LogP contribution in [0.5, 0.6) is 5.88 Å².